The molecule has 86 heavy (non-hydrogen) atoms. The Bertz CT molecular complexity index is 2980. The van der Waals surface area contributed by atoms with Crippen molar-refractivity contribution in [2.45, 2.75) is 236 Å². The lowest BCUT2D eigenvalue weighted by atomic mass is 9.77. The van der Waals surface area contributed by atoms with E-state index in [-0.39, 0.29) is 36.8 Å². The lowest BCUT2D eigenvalue weighted by molar-refractivity contribution is -0.318. The zero-order chi connectivity index (χ0) is 62.7. The molecule has 0 aromatic carbocycles. The molecule has 18 atom stereocenters. The number of aromatic nitrogens is 4. The van der Waals surface area contributed by atoms with E-state index in [0.29, 0.717) is 56.2 Å². The molecule has 22 heteroatoms. The molecule has 0 spiro atoms. The number of methoxy groups -OCH3 is 1. The van der Waals surface area contributed by atoms with Crippen LogP contribution in [0.15, 0.2) is 40.6 Å². The highest BCUT2D eigenvalue weighted by Gasteiger charge is 2.53. The summed E-state index contributed by atoms with van der Waals surface area (Å²) in [6, 6.07) is 6.88. The minimum absolute atomic E-state index is 0.0696. The summed E-state index contributed by atoms with van der Waals surface area (Å²) in [5.41, 5.74) is -2.11. The Kier molecular flexibility index (Phi) is 21.7. The number of cyclic esters (lactones) is 1. The molecule has 478 valence electrons. The lowest BCUT2D eigenvalue weighted by Crippen LogP contribution is -2.60. The van der Waals surface area contributed by atoms with Crippen molar-refractivity contribution in [1.29, 1.82) is 5.26 Å². The van der Waals surface area contributed by atoms with E-state index >= 15 is 0 Å². The van der Waals surface area contributed by atoms with Crippen molar-refractivity contribution in [2.24, 2.45) is 17.8 Å². The van der Waals surface area contributed by atoms with Gasteiger partial charge in [-0.1, -0.05) is 40.0 Å². The number of hydrogen-bond donors (Lipinski definition) is 6. The van der Waals surface area contributed by atoms with E-state index in [2.05, 4.69) is 20.6 Å². The second-order valence-electron chi connectivity index (χ2n) is 26.3. The predicted octanol–water partition coefficient (Wildman–Crippen LogP) is 7.11. The van der Waals surface area contributed by atoms with Crippen LogP contribution in [-0.4, -0.2) is 210 Å². The van der Waals surface area contributed by atoms with Crippen molar-refractivity contribution in [1.82, 2.24) is 34.2 Å². The number of aliphatic hydroxyl groups excluding tert-OH is 3. The number of carbonyl (C=O) groups excluding carboxylic acids is 2. The molecular weight excluding hydrogens is 1100 g/mol. The number of fused-ring (bicyclic) bond motifs is 3. The Labute approximate surface area is 507 Å². The van der Waals surface area contributed by atoms with Crippen LogP contribution in [0.3, 0.4) is 0 Å². The van der Waals surface area contributed by atoms with Gasteiger partial charge in [-0.2, -0.15) is 5.26 Å². The van der Waals surface area contributed by atoms with Gasteiger partial charge >= 0.3 is 5.97 Å². The summed E-state index contributed by atoms with van der Waals surface area (Å²) in [5.74, 6) is -1.75. The van der Waals surface area contributed by atoms with Gasteiger partial charge in [0, 0.05) is 75.4 Å². The number of pyridine rings is 1. The van der Waals surface area contributed by atoms with Gasteiger partial charge in [-0.25, -0.2) is 9.97 Å². The normalized spacial score (nSPS) is 36.2. The Morgan fingerprint density at radius 2 is 1.67 bits per heavy atom. The van der Waals surface area contributed by atoms with E-state index in [4.69, 9.17) is 37.8 Å². The van der Waals surface area contributed by atoms with Crippen molar-refractivity contribution >= 4 is 40.0 Å². The van der Waals surface area contributed by atoms with Crippen molar-refractivity contribution in [2.75, 3.05) is 47.9 Å². The molecule has 1 aliphatic carbocycles. The van der Waals surface area contributed by atoms with E-state index < -0.39 is 114 Å². The van der Waals surface area contributed by atoms with Crippen LogP contribution in [0.1, 0.15) is 152 Å². The second kappa shape index (κ2) is 27.9. The minimum Gasteiger partial charge on any atom is -0.459 e. The Morgan fingerprint density at radius 1 is 0.965 bits per heavy atom. The van der Waals surface area contributed by atoms with Crippen molar-refractivity contribution < 1.29 is 68.0 Å². The highest BCUT2D eigenvalue weighted by molar-refractivity contribution is 6.03. The van der Waals surface area contributed by atoms with E-state index in [1.165, 1.54) is 31.4 Å². The minimum atomic E-state index is -1.86. The van der Waals surface area contributed by atoms with E-state index in [1.54, 1.807) is 67.8 Å². The number of likely N-dealkylation sites (N-methyl/N-ethyl adjacent to an activating group) is 3. The number of carbonyl (C=O) groups is 2. The quantitative estimate of drug-likeness (QED) is 0.0282. The molecule has 1 saturated carbocycles. The van der Waals surface area contributed by atoms with Crippen LogP contribution in [0.25, 0.3) is 39.7 Å². The first-order valence-corrected chi connectivity index (χ1v) is 31.2. The highest BCUT2D eigenvalue weighted by Crippen LogP contribution is 2.42. The number of nitrogens with one attached hydrogen (secondary N) is 1. The summed E-state index contributed by atoms with van der Waals surface area (Å²) >= 11 is 0. The number of nitrogens with zero attached hydrogens (tertiary/aromatic N) is 7. The Balaban J connectivity index is 0.964. The number of ether oxygens (including phenoxy) is 6. The number of furan rings is 1. The predicted molar refractivity (Wildman–Crippen MR) is 323 cm³/mol. The summed E-state index contributed by atoms with van der Waals surface area (Å²) in [6.07, 6.45) is 2.41. The molecule has 4 aromatic heterocycles. The van der Waals surface area contributed by atoms with Crippen LogP contribution in [0.2, 0.25) is 0 Å². The van der Waals surface area contributed by atoms with Gasteiger partial charge in [0.25, 0.3) is 5.91 Å². The third kappa shape index (κ3) is 14.4. The van der Waals surface area contributed by atoms with E-state index in [1.807, 2.05) is 56.1 Å². The average molecular weight is 1200 g/mol. The SMILES string of the molecule is CC[C@H]1OC(=O)[C@H](C)[C@@H](O[C@H]2C[C@@](C)(OC)[C@@H](O)[C@H](C)O2)[C@H](C)[C@@H](O[C@@H]2O[C@H](C)C[C@H](N(C)CCCCN(C)C(=O)C(C#N)=Cc3ccc(-c4nc5cnc6[nH]ccc6c5n4C4CCCCC4)o3)[C@H]2O)[C@](C)(O)C[C@@H](C)CN(C)[C@H](C)[C@@H](O)[C@]1(C)O. The molecule has 4 aliphatic rings. The van der Waals surface area contributed by atoms with Gasteiger partial charge in [0.15, 0.2) is 24.2 Å². The molecule has 0 bridgehead atoms. The largest absolute Gasteiger partial charge is 0.459 e. The summed E-state index contributed by atoms with van der Waals surface area (Å²) < 4.78 is 47.1. The van der Waals surface area contributed by atoms with Crippen LogP contribution < -0.4 is 0 Å². The molecular formula is C64H98N8O14. The smallest absolute Gasteiger partial charge is 0.311 e. The van der Waals surface area contributed by atoms with Crippen LogP contribution in [0, 0.1) is 29.1 Å². The number of imidazole rings is 1. The summed E-state index contributed by atoms with van der Waals surface area (Å²) in [6.45, 7) is 18.8. The van der Waals surface area contributed by atoms with Gasteiger partial charge in [0.05, 0.1) is 53.2 Å². The van der Waals surface area contributed by atoms with Crippen LogP contribution in [0.5, 0.6) is 0 Å². The molecule has 1 amide bonds. The zero-order valence-corrected chi connectivity index (χ0v) is 53.1. The molecule has 0 unspecified atom stereocenters. The molecule has 22 nitrogen and oxygen atoms in total. The number of unbranched alkanes of at least 4 members (excludes halogenated alkanes) is 1. The van der Waals surface area contributed by atoms with Gasteiger partial charge in [-0.15, -0.1) is 0 Å². The molecule has 6 N–H and O–H groups in total. The maximum atomic E-state index is 14.6. The monoisotopic (exact) mass is 1200 g/mol. The molecule has 0 radical (unpaired) electrons. The van der Waals surface area contributed by atoms with Crippen LogP contribution >= 0.6 is 0 Å². The van der Waals surface area contributed by atoms with Crippen molar-refractivity contribution in [3.63, 3.8) is 0 Å². The number of amides is 1. The molecule has 4 fully saturated rings. The summed E-state index contributed by atoms with van der Waals surface area (Å²) in [7, 11) is 6.91. The van der Waals surface area contributed by atoms with Gasteiger partial charge in [0.2, 0.25) is 0 Å². The molecule has 7 heterocycles. The summed E-state index contributed by atoms with van der Waals surface area (Å²) in [5, 5.41) is 71.3. The molecule has 3 aliphatic heterocycles. The molecule has 8 rings (SSSR count). The fourth-order valence-corrected chi connectivity index (χ4v) is 14.1. The van der Waals surface area contributed by atoms with Crippen LogP contribution in [-0.2, 0) is 38.0 Å². The maximum Gasteiger partial charge on any atom is 0.311 e. The number of aliphatic hydroxyl groups is 5. The lowest BCUT2D eigenvalue weighted by Gasteiger charge is -2.49. The number of nitriles is 1. The van der Waals surface area contributed by atoms with Gasteiger partial charge in [-0.3, -0.25) is 9.59 Å². The topological polar surface area (TPSA) is 284 Å². The Hall–Kier alpha value is -4.87. The number of hydrogen-bond acceptors (Lipinski definition) is 19. The van der Waals surface area contributed by atoms with Gasteiger partial charge < -0.3 is 82.6 Å². The first-order valence-electron chi connectivity index (χ1n) is 31.2. The van der Waals surface area contributed by atoms with Gasteiger partial charge in [0.1, 0.15) is 58.6 Å². The fourth-order valence-electron chi connectivity index (χ4n) is 14.1. The standard InChI is InChI=1S/C64H98N8O14/c1-15-49-64(10,79)54(74)40(6)71(13)35-36(2)31-62(8,78)56(38(4)53(39(5)60(77)84-49)85-50-32-63(9,80-14)55(75)41(7)82-50)86-61-52(73)47(29-37(3)81-61)69(11)27-19-20-28-70(12)59(76)42(33-65)30-44-23-24-48(83-44)58-68-46-34-67-57-45(25-26-66-57)51(46)72(58)43-21-17-16-18-22-43/h23-26,30,34,36-41,43,47,49-50,52-56,61,73-75,78-79H,15-22,27-29,31-32,35H2,1-14H3,(H,66,67)/t36-,37-,38+,39-,40-,41+,47+,49-,50+,52-,53+,54-,55+,56-,61+,62-,63-,64-/m1/s1. The first kappa shape index (κ1) is 67.1. The third-order valence-electron chi connectivity index (χ3n) is 19.4. The first-order chi connectivity index (χ1) is 40.6. The second-order valence-corrected chi connectivity index (χ2v) is 26.3. The van der Waals surface area contributed by atoms with Crippen LogP contribution in [0.4, 0.5) is 0 Å². The van der Waals surface area contributed by atoms with Crippen molar-refractivity contribution in [3.8, 4) is 17.7 Å². The number of esters is 1. The van der Waals surface area contributed by atoms with Gasteiger partial charge in [-0.05, 0) is 138 Å². The summed E-state index contributed by atoms with van der Waals surface area (Å²) in [4.78, 5) is 46.7. The Morgan fingerprint density at radius 3 is 2.36 bits per heavy atom. The van der Waals surface area contributed by atoms with E-state index in [0.717, 1.165) is 47.8 Å². The maximum absolute atomic E-state index is 14.6. The fraction of sp³-hybridized carbons (Fsp3) is 0.734. The molecule has 3 saturated heterocycles. The van der Waals surface area contributed by atoms with E-state index in [9.17, 15) is 40.4 Å². The third-order valence-corrected chi connectivity index (χ3v) is 19.4. The van der Waals surface area contributed by atoms with Crippen molar-refractivity contribution in [3.05, 3.63) is 41.9 Å². The number of rotatable bonds is 16. The molecule has 4 aromatic rings. The highest BCUT2D eigenvalue weighted by atomic mass is 16.7. The average Bonchev–Trinajstić information content (AvgIpc) is 1.78. The zero-order valence-electron chi connectivity index (χ0n) is 53.1. The number of aromatic amines is 1. The number of H-pyrrole nitrogens is 1.